The highest BCUT2D eigenvalue weighted by Gasteiger charge is 2.19. The summed E-state index contributed by atoms with van der Waals surface area (Å²) in [6.45, 7) is 6.54. The molecule has 0 heterocycles. The summed E-state index contributed by atoms with van der Waals surface area (Å²) < 4.78 is 16.9. The average Bonchev–Trinajstić information content (AvgIpc) is 3.48. The number of hydrogen-bond acceptors (Lipinski definition) is 6. The Bertz CT molecular complexity index is 1500. The van der Waals surface area contributed by atoms with Crippen molar-refractivity contribution in [1.29, 1.82) is 0 Å². The molecule has 82 heavy (non-hydrogen) atoms. The van der Waals surface area contributed by atoms with E-state index in [4.69, 9.17) is 14.2 Å². The summed E-state index contributed by atoms with van der Waals surface area (Å²) in [7, 11) is 0. The molecule has 0 aromatic carbocycles. The molecule has 0 aliphatic carbocycles. The van der Waals surface area contributed by atoms with Crippen LogP contribution in [0.4, 0.5) is 0 Å². The Balaban J connectivity index is 4.36. The van der Waals surface area contributed by atoms with E-state index in [9.17, 15) is 14.4 Å². The normalized spacial score (nSPS) is 12.5. The molecule has 0 amide bonds. The first-order valence-corrected chi connectivity index (χ1v) is 35.9. The Morgan fingerprint density at radius 1 is 0.256 bits per heavy atom. The molecule has 0 spiro atoms. The number of unbranched alkanes of at least 4 members (excludes halogenated alkanes) is 43. The zero-order chi connectivity index (χ0) is 59.2. The van der Waals surface area contributed by atoms with Crippen LogP contribution in [0.15, 0.2) is 72.9 Å². The first-order valence-electron chi connectivity index (χ1n) is 35.9. The monoisotopic (exact) mass is 1150 g/mol. The number of ether oxygens (including phenoxy) is 3. The highest BCUT2D eigenvalue weighted by molar-refractivity contribution is 5.71. The van der Waals surface area contributed by atoms with E-state index in [1.165, 1.54) is 250 Å². The molecule has 0 aliphatic rings. The van der Waals surface area contributed by atoms with E-state index in [0.29, 0.717) is 19.3 Å². The van der Waals surface area contributed by atoms with Gasteiger partial charge in [0.1, 0.15) is 13.2 Å². The largest absolute Gasteiger partial charge is 0.462 e. The molecular weight excluding hydrogens is 1010 g/mol. The second kappa shape index (κ2) is 70.3. The number of esters is 3. The third-order valence-corrected chi connectivity index (χ3v) is 16.0. The Morgan fingerprint density at radius 2 is 0.476 bits per heavy atom. The van der Waals surface area contributed by atoms with Gasteiger partial charge >= 0.3 is 17.9 Å². The van der Waals surface area contributed by atoms with Crippen LogP contribution in [0.1, 0.15) is 374 Å². The van der Waals surface area contributed by atoms with Gasteiger partial charge in [-0.3, -0.25) is 14.4 Å². The number of allylic oxidation sites excluding steroid dienone is 12. The maximum Gasteiger partial charge on any atom is 0.306 e. The minimum absolute atomic E-state index is 0.101. The van der Waals surface area contributed by atoms with E-state index in [0.717, 1.165) is 77.0 Å². The fourth-order valence-corrected chi connectivity index (χ4v) is 10.7. The van der Waals surface area contributed by atoms with Crippen molar-refractivity contribution in [3.05, 3.63) is 72.9 Å². The van der Waals surface area contributed by atoms with Gasteiger partial charge in [-0.05, 0) is 57.8 Å². The smallest absolute Gasteiger partial charge is 0.306 e. The number of rotatable bonds is 66. The Morgan fingerprint density at radius 3 is 0.720 bits per heavy atom. The van der Waals surface area contributed by atoms with Crippen LogP contribution in [0.3, 0.4) is 0 Å². The number of hydrogen-bond donors (Lipinski definition) is 0. The van der Waals surface area contributed by atoms with Gasteiger partial charge < -0.3 is 14.2 Å². The summed E-state index contributed by atoms with van der Waals surface area (Å²) in [5.74, 6) is -0.961. The summed E-state index contributed by atoms with van der Waals surface area (Å²) in [6, 6.07) is 0. The second-order valence-corrected chi connectivity index (χ2v) is 24.1. The Labute approximate surface area is 510 Å². The lowest BCUT2D eigenvalue weighted by atomic mass is 10.0. The SMILES string of the molecule is CC/C=C\C/C=C\C/C=C\C/C=C\C/C=C\C/C=C\CCC(=O)OC(COC(=O)CCCCCCCCCCCCCCCCCCCCC)COC(=O)CCCCCCCCCCCCCCCCCCCCCCCCCCCC. The van der Waals surface area contributed by atoms with Crippen molar-refractivity contribution >= 4 is 17.9 Å². The summed E-state index contributed by atoms with van der Waals surface area (Å²) in [5.41, 5.74) is 0. The summed E-state index contributed by atoms with van der Waals surface area (Å²) in [5, 5.41) is 0. The van der Waals surface area contributed by atoms with E-state index in [1.54, 1.807) is 0 Å². The minimum Gasteiger partial charge on any atom is -0.462 e. The summed E-state index contributed by atoms with van der Waals surface area (Å²) in [4.78, 5) is 38.4. The molecule has 0 aromatic heterocycles. The zero-order valence-corrected chi connectivity index (χ0v) is 54.8. The molecule has 6 nitrogen and oxygen atoms in total. The zero-order valence-electron chi connectivity index (χ0n) is 54.8. The highest BCUT2D eigenvalue weighted by Crippen LogP contribution is 2.19. The lowest BCUT2D eigenvalue weighted by molar-refractivity contribution is -0.166. The van der Waals surface area contributed by atoms with E-state index < -0.39 is 6.10 Å². The van der Waals surface area contributed by atoms with Crippen molar-refractivity contribution in [1.82, 2.24) is 0 Å². The van der Waals surface area contributed by atoms with Crippen LogP contribution in [0.2, 0.25) is 0 Å². The van der Waals surface area contributed by atoms with E-state index in [2.05, 4.69) is 87.6 Å². The van der Waals surface area contributed by atoms with E-state index >= 15 is 0 Å². The third kappa shape index (κ3) is 67.6. The van der Waals surface area contributed by atoms with Gasteiger partial charge in [-0.25, -0.2) is 0 Å². The van der Waals surface area contributed by atoms with Crippen LogP contribution in [0.25, 0.3) is 0 Å². The molecule has 0 N–H and O–H groups in total. The first-order chi connectivity index (χ1) is 40.5. The third-order valence-electron chi connectivity index (χ3n) is 16.0. The van der Waals surface area contributed by atoms with Crippen molar-refractivity contribution in [3.8, 4) is 0 Å². The molecule has 0 radical (unpaired) electrons. The lowest BCUT2D eigenvalue weighted by Gasteiger charge is -2.18. The molecule has 0 rings (SSSR count). The molecule has 1 atom stereocenters. The van der Waals surface area contributed by atoms with Crippen LogP contribution >= 0.6 is 0 Å². The second-order valence-electron chi connectivity index (χ2n) is 24.1. The molecule has 0 saturated heterocycles. The van der Waals surface area contributed by atoms with Gasteiger partial charge in [0.05, 0.1) is 0 Å². The molecule has 0 saturated carbocycles. The van der Waals surface area contributed by atoms with Crippen molar-refractivity contribution in [2.75, 3.05) is 13.2 Å². The average molecular weight is 1150 g/mol. The van der Waals surface area contributed by atoms with Gasteiger partial charge in [0, 0.05) is 19.3 Å². The maximum absolute atomic E-state index is 12.9. The van der Waals surface area contributed by atoms with Crippen LogP contribution in [-0.4, -0.2) is 37.2 Å². The highest BCUT2D eigenvalue weighted by atomic mass is 16.6. The van der Waals surface area contributed by atoms with Crippen molar-refractivity contribution < 1.29 is 28.6 Å². The quantitative estimate of drug-likeness (QED) is 0.0261. The number of carbonyl (C=O) groups excluding carboxylic acids is 3. The van der Waals surface area contributed by atoms with Crippen LogP contribution in [0.5, 0.6) is 0 Å². The maximum atomic E-state index is 12.9. The van der Waals surface area contributed by atoms with Crippen LogP contribution in [0, 0.1) is 0 Å². The molecule has 476 valence electrons. The Kier molecular flexibility index (Phi) is 67.6. The van der Waals surface area contributed by atoms with E-state index in [-0.39, 0.29) is 37.5 Å². The van der Waals surface area contributed by atoms with E-state index in [1.807, 2.05) is 6.08 Å². The predicted octanol–water partition coefficient (Wildman–Crippen LogP) is 24.8. The topological polar surface area (TPSA) is 78.9 Å². The number of carbonyl (C=O) groups is 3. The van der Waals surface area contributed by atoms with Gasteiger partial charge in [0.25, 0.3) is 0 Å². The first kappa shape index (κ1) is 78.8. The van der Waals surface area contributed by atoms with Crippen LogP contribution < -0.4 is 0 Å². The molecule has 0 aromatic rings. The molecule has 0 aliphatic heterocycles. The lowest BCUT2D eigenvalue weighted by Crippen LogP contribution is -2.30. The summed E-state index contributed by atoms with van der Waals surface area (Å²) in [6.07, 6.45) is 92.4. The van der Waals surface area contributed by atoms with Crippen molar-refractivity contribution in [2.45, 2.75) is 380 Å². The standard InChI is InChI=1S/C76H136O6/c1-4-7-10-13-16-19-22-25-28-31-34-35-36-37-38-39-40-43-45-48-51-54-57-60-63-66-69-75(78)81-72-73(82-76(79)70-67-64-61-58-55-52-49-46-42-33-30-27-24-21-18-15-12-9-6-3)71-80-74(77)68-65-62-59-56-53-50-47-44-41-32-29-26-23-20-17-14-11-8-5-2/h9,12,18,21,27,30,42,46,52,55,61,64,73H,4-8,10-11,13-17,19-20,22-26,28-29,31-41,43-45,47-51,53-54,56-60,62-63,65-72H2,1-3H3/b12-9-,21-18-,30-27-,46-42-,55-52-,64-61-. The molecule has 0 bridgehead atoms. The van der Waals surface area contributed by atoms with Gasteiger partial charge in [0.15, 0.2) is 6.10 Å². The molecule has 0 fully saturated rings. The van der Waals surface area contributed by atoms with Gasteiger partial charge in [0.2, 0.25) is 0 Å². The Hall–Kier alpha value is -3.15. The minimum atomic E-state index is -0.815. The van der Waals surface area contributed by atoms with Gasteiger partial charge in [-0.1, -0.05) is 370 Å². The van der Waals surface area contributed by atoms with Crippen LogP contribution in [-0.2, 0) is 28.6 Å². The predicted molar refractivity (Wildman–Crippen MR) is 358 cm³/mol. The fourth-order valence-electron chi connectivity index (χ4n) is 10.7. The molecular formula is C76H136O6. The molecule has 1 unspecified atom stereocenters. The van der Waals surface area contributed by atoms with Gasteiger partial charge in [-0.15, -0.1) is 0 Å². The fraction of sp³-hybridized carbons (Fsp3) is 0.803. The molecule has 6 heteroatoms. The van der Waals surface area contributed by atoms with Crippen molar-refractivity contribution in [3.63, 3.8) is 0 Å². The summed E-state index contributed by atoms with van der Waals surface area (Å²) >= 11 is 0. The van der Waals surface area contributed by atoms with Gasteiger partial charge in [-0.2, -0.15) is 0 Å². The van der Waals surface area contributed by atoms with Crippen molar-refractivity contribution in [2.24, 2.45) is 0 Å².